The lowest BCUT2D eigenvalue weighted by Crippen LogP contribution is -2.11. The summed E-state index contributed by atoms with van der Waals surface area (Å²) < 4.78 is 0. The highest BCUT2D eigenvalue weighted by Gasteiger charge is 2.07. The third kappa shape index (κ3) is 2.88. The van der Waals surface area contributed by atoms with Crippen molar-refractivity contribution in [3.63, 3.8) is 0 Å². The van der Waals surface area contributed by atoms with E-state index in [2.05, 4.69) is 10.2 Å². The topological polar surface area (TPSA) is 45.8 Å². The molecule has 1 aromatic heterocycles. The summed E-state index contributed by atoms with van der Waals surface area (Å²) >= 11 is 5.89. The van der Waals surface area contributed by atoms with Crippen molar-refractivity contribution in [2.75, 3.05) is 0 Å². The number of benzene rings is 2. The van der Waals surface area contributed by atoms with Gasteiger partial charge >= 0.3 is 0 Å². The molecule has 1 heterocycles. The number of aromatic amines is 1. The number of aromatic nitrogens is 2. The standard InChI is InChI=1S/C17H13ClN2O/c1-11-2-4-12(5-3-11)15-10-16(19-20-17(15)21)13-6-8-14(18)9-7-13/h2-10H,1H3,(H,20,21). The Labute approximate surface area is 127 Å². The number of hydrogen-bond donors (Lipinski definition) is 1. The van der Waals surface area contributed by atoms with E-state index in [1.807, 2.05) is 43.3 Å². The van der Waals surface area contributed by atoms with Crippen LogP contribution in [0, 0.1) is 6.92 Å². The average Bonchev–Trinajstić information content (AvgIpc) is 2.50. The van der Waals surface area contributed by atoms with E-state index in [1.54, 1.807) is 18.2 Å². The molecule has 1 N–H and O–H groups in total. The molecule has 0 aliphatic carbocycles. The largest absolute Gasteiger partial charge is 0.272 e. The van der Waals surface area contributed by atoms with Crippen molar-refractivity contribution < 1.29 is 0 Å². The normalized spacial score (nSPS) is 10.6. The van der Waals surface area contributed by atoms with Gasteiger partial charge < -0.3 is 0 Å². The van der Waals surface area contributed by atoms with Gasteiger partial charge in [0, 0.05) is 10.6 Å². The fourth-order valence-electron chi connectivity index (χ4n) is 2.12. The Morgan fingerprint density at radius 3 is 2.24 bits per heavy atom. The summed E-state index contributed by atoms with van der Waals surface area (Å²) in [6.07, 6.45) is 0. The number of hydrogen-bond acceptors (Lipinski definition) is 2. The first kappa shape index (κ1) is 13.6. The molecule has 0 saturated carbocycles. The van der Waals surface area contributed by atoms with Gasteiger partial charge in [0.1, 0.15) is 0 Å². The molecule has 0 fully saturated rings. The molecule has 0 amide bonds. The smallest absolute Gasteiger partial charge is 0.267 e. The number of nitrogens with one attached hydrogen (secondary N) is 1. The van der Waals surface area contributed by atoms with E-state index in [1.165, 1.54) is 0 Å². The SMILES string of the molecule is Cc1ccc(-c2cc(-c3ccc(Cl)cc3)n[nH]c2=O)cc1. The minimum atomic E-state index is -0.198. The van der Waals surface area contributed by atoms with Crippen LogP contribution in [-0.4, -0.2) is 10.2 Å². The molecule has 0 saturated heterocycles. The van der Waals surface area contributed by atoms with Crippen molar-refractivity contribution in [2.24, 2.45) is 0 Å². The zero-order chi connectivity index (χ0) is 14.8. The van der Waals surface area contributed by atoms with Crippen molar-refractivity contribution in [1.29, 1.82) is 0 Å². The molecule has 0 spiro atoms. The summed E-state index contributed by atoms with van der Waals surface area (Å²) in [5.74, 6) is 0. The first-order chi connectivity index (χ1) is 10.1. The molecule has 0 aliphatic heterocycles. The molecule has 0 bridgehead atoms. The minimum absolute atomic E-state index is 0.198. The number of nitrogens with zero attached hydrogens (tertiary/aromatic N) is 1. The second-order valence-corrected chi connectivity index (χ2v) is 5.31. The molecule has 3 rings (SSSR count). The Kier molecular flexibility index (Phi) is 3.59. The Balaban J connectivity index is 2.10. The van der Waals surface area contributed by atoms with Gasteiger partial charge in [-0.25, -0.2) is 5.10 Å². The zero-order valence-electron chi connectivity index (χ0n) is 11.4. The van der Waals surface area contributed by atoms with Crippen LogP contribution in [-0.2, 0) is 0 Å². The lowest BCUT2D eigenvalue weighted by molar-refractivity contribution is 0.998. The van der Waals surface area contributed by atoms with E-state index < -0.39 is 0 Å². The van der Waals surface area contributed by atoms with Gasteiger partial charge in [-0.2, -0.15) is 5.10 Å². The molecular formula is C17H13ClN2O. The Hall–Kier alpha value is -2.39. The predicted octanol–water partition coefficient (Wildman–Crippen LogP) is 4.07. The van der Waals surface area contributed by atoms with E-state index in [4.69, 9.17) is 11.6 Å². The van der Waals surface area contributed by atoms with Gasteiger partial charge in [-0.05, 0) is 30.7 Å². The Bertz CT molecular complexity index is 821. The molecule has 2 aromatic carbocycles. The molecule has 104 valence electrons. The van der Waals surface area contributed by atoms with Gasteiger partial charge in [-0.3, -0.25) is 4.79 Å². The van der Waals surface area contributed by atoms with E-state index in [-0.39, 0.29) is 5.56 Å². The van der Waals surface area contributed by atoms with Crippen LogP contribution in [0.2, 0.25) is 5.02 Å². The second-order valence-electron chi connectivity index (χ2n) is 4.87. The van der Waals surface area contributed by atoms with E-state index in [0.29, 0.717) is 16.3 Å². The van der Waals surface area contributed by atoms with E-state index >= 15 is 0 Å². The summed E-state index contributed by atoms with van der Waals surface area (Å²) in [6, 6.07) is 17.0. The van der Waals surface area contributed by atoms with Gasteiger partial charge in [-0.15, -0.1) is 0 Å². The predicted molar refractivity (Wildman–Crippen MR) is 85.5 cm³/mol. The van der Waals surface area contributed by atoms with Crippen LogP contribution in [0.25, 0.3) is 22.4 Å². The van der Waals surface area contributed by atoms with E-state index in [9.17, 15) is 4.79 Å². The molecule has 3 nitrogen and oxygen atoms in total. The quantitative estimate of drug-likeness (QED) is 0.775. The summed E-state index contributed by atoms with van der Waals surface area (Å²) in [7, 11) is 0. The zero-order valence-corrected chi connectivity index (χ0v) is 12.2. The van der Waals surface area contributed by atoms with Gasteiger partial charge in [0.25, 0.3) is 5.56 Å². The maximum Gasteiger partial charge on any atom is 0.272 e. The molecule has 0 atom stereocenters. The van der Waals surface area contributed by atoms with Gasteiger partial charge in [-0.1, -0.05) is 53.6 Å². The van der Waals surface area contributed by atoms with Crippen LogP contribution >= 0.6 is 11.6 Å². The summed E-state index contributed by atoms with van der Waals surface area (Å²) in [6.45, 7) is 2.01. The molecule has 21 heavy (non-hydrogen) atoms. The molecule has 0 aliphatic rings. The van der Waals surface area contributed by atoms with Gasteiger partial charge in [0.15, 0.2) is 0 Å². The van der Waals surface area contributed by atoms with Crippen LogP contribution in [0.3, 0.4) is 0 Å². The lowest BCUT2D eigenvalue weighted by atomic mass is 10.0. The highest BCUT2D eigenvalue weighted by molar-refractivity contribution is 6.30. The molecule has 0 unspecified atom stereocenters. The third-order valence-corrected chi connectivity index (χ3v) is 3.56. The van der Waals surface area contributed by atoms with Crippen molar-refractivity contribution in [3.8, 4) is 22.4 Å². The van der Waals surface area contributed by atoms with Gasteiger partial charge in [0.05, 0.1) is 11.3 Å². The first-order valence-corrected chi connectivity index (χ1v) is 6.94. The van der Waals surface area contributed by atoms with Crippen molar-refractivity contribution >= 4 is 11.6 Å². The van der Waals surface area contributed by atoms with Crippen LogP contribution < -0.4 is 5.56 Å². The molecule has 4 heteroatoms. The highest BCUT2D eigenvalue weighted by atomic mass is 35.5. The maximum absolute atomic E-state index is 12.0. The number of halogens is 1. The Morgan fingerprint density at radius 1 is 0.952 bits per heavy atom. The van der Waals surface area contributed by atoms with Crippen LogP contribution in [0.1, 0.15) is 5.56 Å². The third-order valence-electron chi connectivity index (χ3n) is 3.31. The van der Waals surface area contributed by atoms with Crippen LogP contribution in [0.4, 0.5) is 0 Å². The number of aryl methyl sites for hydroxylation is 1. The first-order valence-electron chi connectivity index (χ1n) is 6.56. The Morgan fingerprint density at radius 2 is 1.57 bits per heavy atom. The van der Waals surface area contributed by atoms with Gasteiger partial charge in [0.2, 0.25) is 0 Å². The average molecular weight is 297 g/mol. The fourth-order valence-corrected chi connectivity index (χ4v) is 2.25. The molecular weight excluding hydrogens is 284 g/mol. The van der Waals surface area contributed by atoms with Crippen molar-refractivity contribution in [3.05, 3.63) is 75.5 Å². The second kappa shape index (κ2) is 5.54. The number of H-pyrrole nitrogens is 1. The maximum atomic E-state index is 12.0. The monoisotopic (exact) mass is 296 g/mol. The lowest BCUT2D eigenvalue weighted by Gasteiger charge is -2.05. The minimum Gasteiger partial charge on any atom is -0.267 e. The fraction of sp³-hybridized carbons (Fsp3) is 0.0588. The van der Waals surface area contributed by atoms with E-state index in [0.717, 1.165) is 16.7 Å². The van der Waals surface area contributed by atoms with Crippen molar-refractivity contribution in [2.45, 2.75) is 6.92 Å². The summed E-state index contributed by atoms with van der Waals surface area (Å²) in [5.41, 5.74) is 4.05. The number of rotatable bonds is 2. The highest BCUT2D eigenvalue weighted by Crippen LogP contribution is 2.23. The van der Waals surface area contributed by atoms with Crippen molar-refractivity contribution in [1.82, 2.24) is 10.2 Å². The van der Waals surface area contributed by atoms with Crippen LogP contribution in [0.15, 0.2) is 59.4 Å². The summed E-state index contributed by atoms with van der Waals surface area (Å²) in [5, 5.41) is 7.33. The molecule has 0 radical (unpaired) electrons. The molecule has 3 aromatic rings. The summed E-state index contributed by atoms with van der Waals surface area (Å²) in [4.78, 5) is 12.0. The van der Waals surface area contributed by atoms with Crippen LogP contribution in [0.5, 0.6) is 0 Å².